The highest BCUT2D eigenvalue weighted by molar-refractivity contribution is 5.94. The van der Waals surface area contributed by atoms with Crippen LogP contribution in [0.2, 0.25) is 0 Å². The monoisotopic (exact) mass is 694 g/mol. The van der Waals surface area contributed by atoms with Crippen LogP contribution in [0.4, 0.5) is 0 Å². The van der Waals surface area contributed by atoms with E-state index in [-0.39, 0.29) is 48.6 Å². The zero-order chi connectivity index (χ0) is 36.7. The summed E-state index contributed by atoms with van der Waals surface area (Å²) in [5.74, 6) is -1.55. The van der Waals surface area contributed by atoms with Crippen molar-refractivity contribution < 1.29 is 29.4 Å². The Balaban J connectivity index is 2.00. The number of phenolic OH excluding ortho intramolecular Hbond substituents is 2. The minimum absolute atomic E-state index is 0.0675. The zero-order valence-electron chi connectivity index (χ0n) is 30.8. The van der Waals surface area contributed by atoms with Crippen LogP contribution in [0.5, 0.6) is 11.5 Å². The Hall–Kier alpha value is -4.08. The predicted molar refractivity (Wildman–Crippen MR) is 199 cm³/mol. The Bertz CT molecular complexity index is 1280. The summed E-state index contributed by atoms with van der Waals surface area (Å²) in [5, 5.41) is 30.6. The Kier molecular flexibility index (Phi) is 20.3. The lowest BCUT2D eigenvalue weighted by Crippen LogP contribution is -2.57. The fraction of sp³-hybridized carbons (Fsp3) is 0.600. The molecule has 0 saturated heterocycles. The summed E-state index contributed by atoms with van der Waals surface area (Å²) < 4.78 is 0. The van der Waals surface area contributed by atoms with Crippen LogP contribution in [0.1, 0.15) is 129 Å². The maximum Gasteiger partial charge on any atom is 0.243 e. The first-order chi connectivity index (χ1) is 24.0. The molecule has 0 unspecified atom stereocenters. The SMILES string of the molecule is CCCCCCCCCCCCCCCC(=O)N[C@@H](Cc1ccc(O)cc1)C(=O)N[C@@H](Cc1ccc(O)cc1)C(=O)N[C@@H](C)C(=O)NC(C)C. The predicted octanol–water partition coefficient (Wildman–Crippen LogP) is 6.36. The van der Waals surface area contributed by atoms with Gasteiger partial charge in [0.05, 0.1) is 0 Å². The highest BCUT2D eigenvalue weighted by Gasteiger charge is 2.29. The molecule has 0 heterocycles. The second-order valence-electron chi connectivity index (χ2n) is 13.8. The van der Waals surface area contributed by atoms with Gasteiger partial charge in [0.2, 0.25) is 23.6 Å². The van der Waals surface area contributed by atoms with E-state index in [4.69, 9.17) is 0 Å². The molecule has 50 heavy (non-hydrogen) atoms. The number of rotatable bonds is 25. The first kappa shape index (κ1) is 42.1. The quantitative estimate of drug-likeness (QED) is 0.0664. The first-order valence-corrected chi connectivity index (χ1v) is 18.7. The van der Waals surface area contributed by atoms with Crippen molar-refractivity contribution in [1.82, 2.24) is 21.3 Å². The molecule has 0 aliphatic rings. The third-order valence-electron chi connectivity index (χ3n) is 8.73. The number of carbonyl (C=O) groups is 4. The van der Waals surface area contributed by atoms with Crippen LogP contribution >= 0.6 is 0 Å². The number of phenols is 2. The number of unbranched alkanes of at least 4 members (excludes halogenated alkanes) is 12. The highest BCUT2D eigenvalue weighted by Crippen LogP contribution is 2.15. The molecule has 4 amide bonds. The maximum absolute atomic E-state index is 13.8. The number of aromatic hydroxyl groups is 2. The van der Waals surface area contributed by atoms with Gasteiger partial charge in [-0.3, -0.25) is 19.2 Å². The molecule has 10 nitrogen and oxygen atoms in total. The van der Waals surface area contributed by atoms with Gasteiger partial charge >= 0.3 is 0 Å². The van der Waals surface area contributed by atoms with E-state index < -0.39 is 29.9 Å². The third-order valence-corrected chi connectivity index (χ3v) is 8.73. The van der Waals surface area contributed by atoms with Gasteiger partial charge in [0.1, 0.15) is 29.6 Å². The fourth-order valence-corrected chi connectivity index (χ4v) is 5.79. The molecular weight excluding hydrogens is 632 g/mol. The van der Waals surface area contributed by atoms with Crippen molar-refractivity contribution in [2.45, 2.75) is 155 Å². The molecule has 278 valence electrons. The minimum Gasteiger partial charge on any atom is -0.508 e. The van der Waals surface area contributed by atoms with E-state index in [1.807, 2.05) is 13.8 Å². The Morgan fingerprint density at radius 1 is 0.520 bits per heavy atom. The molecule has 2 aromatic carbocycles. The lowest BCUT2D eigenvalue weighted by molar-refractivity contribution is -0.133. The largest absolute Gasteiger partial charge is 0.508 e. The van der Waals surface area contributed by atoms with E-state index in [2.05, 4.69) is 28.2 Å². The lowest BCUT2D eigenvalue weighted by atomic mass is 10.0. The van der Waals surface area contributed by atoms with Crippen LogP contribution in [-0.4, -0.2) is 58.0 Å². The van der Waals surface area contributed by atoms with Crippen LogP contribution in [0.25, 0.3) is 0 Å². The van der Waals surface area contributed by atoms with Gasteiger partial charge in [0.15, 0.2) is 0 Å². The molecule has 0 fully saturated rings. The molecule has 0 aliphatic heterocycles. The summed E-state index contributed by atoms with van der Waals surface area (Å²) in [6, 6.07) is 9.69. The van der Waals surface area contributed by atoms with Crippen LogP contribution in [0, 0.1) is 0 Å². The first-order valence-electron chi connectivity index (χ1n) is 18.7. The van der Waals surface area contributed by atoms with Crippen molar-refractivity contribution in [2.75, 3.05) is 0 Å². The molecule has 2 rings (SSSR count). The van der Waals surface area contributed by atoms with Gasteiger partial charge in [-0.1, -0.05) is 108 Å². The molecule has 10 heteroatoms. The molecule has 3 atom stereocenters. The summed E-state index contributed by atoms with van der Waals surface area (Å²) in [4.78, 5) is 52.9. The van der Waals surface area contributed by atoms with Crippen LogP contribution < -0.4 is 21.3 Å². The number of nitrogens with one attached hydrogen (secondary N) is 4. The van der Waals surface area contributed by atoms with Gasteiger partial charge in [-0.15, -0.1) is 0 Å². The smallest absolute Gasteiger partial charge is 0.243 e. The fourth-order valence-electron chi connectivity index (χ4n) is 5.79. The van der Waals surface area contributed by atoms with E-state index in [1.165, 1.54) is 82.1 Å². The van der Waals surface area contributed by atoms with E-state index in [0.29, 0.717) is 5.56 Å². The molecule has 0 aliphatic carbocycles. The van der Waals surface area contributed by atoms with E-state index in [0.717, 1.165) is 31.2 Å². The lowest BCUT2D eigenvalue weighted by Gasteiger charge is -2.25. The summed E-state index contributed by atoms with van der Waals surface area (Å²) >= 11 is 0. The summed E-state index contributed by atoms with van der Waals surface area (Å²) in [6.45, 7) is 7.45. The van der Waals surface area contributed by atoms with Crippen LogP contribution in [-0.2, 0) is 32.0 Å². The molecule has 0 radical (unpaired) electrons. The van der Waals surface area contributed by atoms with Crippen LogP contribution in [0.15, 0.2) is 48.5 Å². The van der Waals surface area contributed by atoms with Gasteiger partial charge in [0, 0.05) is 25.3 Å². The van der Waals surface area contributed by atoms with Crippen molar-refractivity contribution in [2.24, 2.45) is 0 Å². The van der Waals surface area contributed by atoms with Crippen molar-refractivity contribution in [3.8, 4) is 11.5 Å². The number of hydrogen-bond acceptors (Lipinski definition) is 6. The number of carbonyl (C=O) groups excluding carboxylic acids is 4. The van der Waals surface area contributed by atoms with Gasteiger partial charge in [-0.2, -0.15) is 0 Å². The average molecular weight is 695 g/mol. The van der Waals surface area contributed by atoms with Gasteiger partial charge in [-0.05, 0) is 62.6 Å². The molecule has 0 bridgehead atoms. The Morgan fingerprint density at radius 2 is 0.920 bits per heavy atom. The molecular formula is C40H62N4O6. The molecule has 0 spiro atoms. The number of hydrogen-bond donors (Lipinski definition) is 6. The van der Waals surface area contributed by atoms with E-state index >= 15 is 0 Å². The molecule has 2 aromatic rings. The number of benzene rings is 2. The summed E-state index contributed by atoms with van der Waals surface area (Å²) in [6.07, 6.45) is 16.2. The van der Waals surface area contributed by atoms with E-state index in [9.17, 15) is 29.4 Å². The van der Waals surface area contributed by atoms with Crippen molar-refractivity contribution >= 4 is 23.6 Å². The van der Waals surface area contributed by atoms with Crippen molar-refractivity contribution in [1.29, 1.82) is 0 Å². The van der Waals surface area contributed by atoms with Gasteiger partial charge in [-0.25, -0.2) is 0 Å². The highest BCUT2D eigenvalue weighted by atomic mass is 16.3. The van der Waals surface area contributed by atoms with Gasteiger partial charge < -0.3 is 31.5 Å². The Labute approximate surface area is 299 Å². The minimum atomic E-state index is -1.07. The van der Waals surface area contributed by atoms with Crippen molar-refractivity contribution in [3.05, 3.63) is 59.7 Å². The van der Waals surface area contributed by atoms with E-state index in [1.54, 1.807) is 31.2 Å². The summed E-state index contributed by atoms with van der Waals surface area (Å²) in [7, 11) is 0. The standard InChI is InChI=1S/C40H62N4O6/c1-5-6-7-8-9-10-11-12-13-14-15-16-17-18-37(47)43-35(27-31-19-23-33(45)24-20-31)40(50)44-36(28-32-21-25-34(46)26-22-32)39(49)42-30(4)38(48)41-29(2)3/h19-26,29-30,35-36,45-46H,5-18,27-28H2,1-4H3,(H,41,48)(H,42,49)(H,43,47)(H,44,50)/t30-,35-,36-/m0/s1. The third kappa shape index (κ3) is 18.1. The molecule has 6 N–H and O–H groups in total. The van der Waals surface area contributed by atoms with Crippen LogP contribution in [0.3, 0.4) is 0 Å². The zero-order valence-corrected chi connectivity index (χ0v) is 30.8. The molecule has 0 saturated carbocycles. The summed E-state index contributed by atoms with van der Waals surface area (Å²) in [5.41, 5.74) is 1.41. The molecule has 0 aromatic heterocycles. The van der Waals surface area contributed by atoms with Gasteiger partial charge in [0.25, 0.3) is 0 Å². The number of amides is 4. The second-order valence-corrected chi connectivity index (χ2v) is 13.8. The normalized spacial score (nSPS) is 12.9. The Morgan fingerprint density at radius 3 is 1.36 bits per heavy atom. The van der Waals surface area contributed by atoms with Crippen molar-refractivity contribution in [3.63, 3.8) is 0 Å². The average Bonchev–Trinajstić information content (AvgIpc) is 3.07. The topological polar surface area (TPSA) is 157 Å². The maximum atomic E-state index is 13.8. The second kappa shape index (κ2) is 24.1.